The Morgan fingerprint density at radius 2 is 2.05 bits per heavy atom. The van der Waals surface area contributed by atoms with E-state index < -0.39 is 10.0 Å². The van der Waals surface area contributed by atoms with Gasteiger partial charge in [-0.1, -0.05) is 6.92 Å². The fourth-order valence-corrected chi connectivity index (χ4v) is 3.69. The van der Waals surface area contributed by atoms with Crippen LogP contribution in [0.1, 0.15) is 38.4 Å². The molecule has 5 nitrogen and oxygen atoms in total. The van der Waals surface area contributed by atoms with E-state index in [1.807, 2.05) is 6.92 Å². The minimum atomic E-state index is -3.47. The molecule has 1 N–H and O–H groups in total. The summed E-state index contributed by atoms with van der Waals surface area (Å²) in [6.45, 7) is 3.59. The van der Waals surface area contributed by atoms with Crippen LogP contribution in [-0.4, -0.2) is 31.9 Å². The summed E-state index contributed by atoms with van der Waals surface area (Å²) in [5.74, 6) is 1.23. The van der Waals surface area contributed by atoms with Crippen LogP contribution >= 0.6 is 0 Å². The molecule has 0 unspecified atom stereocenters. The fourth-order valence-electron chi connectivity index (χ4n) is 2.24. The molecule has 1 aromatic heterocycles. The van der Waals surface area contributed by atoms with E-state index in [0.29, 0.717) is 37.4 Å². The molecule has 2 aliphatic rings. The van der Waals surface area contributed by atoms with Gasteiger partial charge in [0, 0.05) is 19.1 Å². The Bertz CT molecular complexity index is 559. The maximum Gasteiger partial charge on any atom is 0.276 e. The summed E-state index contributed by atoms with van der Waals surface area (Å²) in [6.07, 6.45) is 4.69. The topological polar surface area (TPSA) is 62.6 Å². The molecule has 0 aromatic carbocycles. The van der Waals surface area contributed by atoms with E-state index in [0.717, 1.165) is 12.8 Å². The standard InChI is InChI=1S/C14H22N2O3S/c1-2-16(10-11-3-4-11)20(17,18)14-8-7-13(19-14)9-15-12-5-6-12/h7-8,11-12,15H,2-6,9-10H2,1H3. The van der Waals surface area contributed by atoms with E-state index >= 15 is 0 Å². The van der Waals surface area contributed by atoms with Crippen LogP contribution in [0.25, 0.3) is 0 Å². The first-order valence-electron chi connectivity index (χ1n) is 7.42. The number of sulfonamides is 1. The zero-order valence-electron chi connectivity index (χ0n) is 11.8. The first kappa shape index (κ1) is 14.1. The summed E-state index contributed by atoms with van der Waals surface area (Å²) >= 11 is 0. The predicted molar refractivity (Wildman–Crippen MR) is 75.7 cm³/mol. The normalized spacial score (nSPS) is 19.7. The van der Waals surface area contributed by atoms with Gasteiger partial charge in [-0.3, -0.25) is 0 Å². The van der Waals surface area contributed by atoms with Gasteiger partial charge in [-0.25, -0.2) is 8.42 Å². The maximum atomic E-state index is 12.5. The largest absolute Gasteiger partial charge is 0.447 e. The van der Waals surface area contributed by atoms with Crippen molar-refractivity contribution in [2.75, 3.05) is 13.1 Å². The summed E-state index contributed by atoms with van der Waals surface area (Å²) in [5, 5.41) is 3.40. The molecule has 0 amide bonds. The predicted octanol–water partition coefficient (Wildman–Crippen LogP) is 1.95. The molecule has 3 rings (SSSR count). The third-order valence-corrected chi connectivity index (χ3v) is 5.70. The molecule has 6 heteroatoms. The first-order chi connectivity index (χ1) is 9.59. The highest BCUT2D eigenvalue weighted by molar-refractivity contribution is 7.89. The van der Waals surface area contributed by atoms with Crippen molar-refractivity contribution in [3.63, 3.8) is 0 Å². The molecule has 0 aliphatic heterocycles. The second-order valence-corrected chi connectivity index (χ2v) is 7.64. The van der Waals surface area contributed by atoms with E-state index in [9.17, 15) is 8.42 Å². The van der Waals surface area contributed by atoms with E-state index in [-0.39, 0.29) is 5.09 Å². The first-order valence-corrected chi connectivity index (χ1v) is 8.86. The second-order valence-electron chi connectivity index (χ2n) is 5.77. The van der Waals surface area contributed by atoms with Crippen molar-refractivity contribution in [2.45, 2.75) is 50.3 Å². The SMILES string of the molecule is CCN(CC1CC1)S(=O)(=O)c1ccc(CNC2CC2)o1. The quantitative estimate of drug-likeness (QED) is 0.797. The van der Waals surface area contributed by atoms with Gasteiger partial charge in [0.1, 0.15) is 5.76 Å². The van der Waals surface area contributed by atoms with Gasteiger partial charge in [-0.05, 0) is 43.7 Å². The average molecular weight is 298 g/mol. The number of hydrogen-bond donors (Lipinski definition) is 1. The van der Waals surface area contributed by atoms with E-state index in [2.05, 4.69) is 5.32 Å². The lowest BCUT2D eigenvalue weighted by molar-refractivity contribution is 0.362. The third-order valence-electron chi connectivity index (χ3n) is 3.88. The zero-order valence-corrected chi connectivity index (χ0v) is 12.7. The Labute approximate surface area is 120 Å². The maximum absolute atomic E-state index is 12.5. The second kappa shape index (κ2) is 5.50. The van der Waals surface area contributed by atoms with Gasteiger partial charge in [0.2, 0.25) is 5.09 Å². The van der Waals surface area contributed by atoms with Crippen molar-refractivity contribution in [2.24, 2.45) is 5.92 Å². The molecule has 1 aromatic rings. The van der Waals surface area contributed by atoms with Gasteiger partial charge in [0.15, 0.2) is 0 Å². The summed E-state index contributed by atoms with van der Waals surface area (Å²) in [6, 6.07) is 3.92. The Morgan fingerprint density at radius 3 is 2.65 bits per heavy atom. The minimum Gasteiger partial charge on any atom is -0.447 e. The van der Waals surface area contributed by atoms with Crippen LogP contribution in [0.2, 0.25) is 0 Å². The van der Waals surface area contributed by atoms with Crippen molar-refractivity contribution < 1.29 is 12.8 Å². The Balaban J connectivity index is 1.68. The van der Waals surface area contributed by atoms with E-state index in [1.54, 1.807) is 12.1 Å². The smallest absolute Gasteiger partial charge is 0.276 e. The van der Waals surface area contributed by atoms with Gasteiger partial charge >= 0.3 is 0 Å². The lowest BCUT2D eigenvalue weighted by Gasteiger charge is -2.18. The van der Waals surface area contributed by atoms with Crippen LogP contribution in [-0.2, 0) is 16.6 Å². The number of nitrogens with one attached hydrogen (secondary N) is 1. The van der Waals surface area contributed by atoms with Crippen LogP contribution < -0.4 is 5.32 Å². The molecule has 112 valence electrons. The van der Waals surface area contributed by atoms with Crippen LogP contribution in [0.5, 0.6) is 0 Å². The lowest BCUT2D eigenvalue weighted by Crippen LogP contribution is -2.32. The summed E-state index contributed by atoms with van der Waals surface area (Å²) in [4.78, 5) is 0. The van der Waals surface area contributed by atoms with Crippen molar-refractivity contribution >= 4 is 10.0 Å². The average Bonchev–Trinajstić information content (AvgIpc) is 3.34. The fraction of sp³-hybridized carbons (Fsp3) is 0.714. The van der Waals surface area contributed by atoms with Crippen LogP contribution in [0.15, 0.2) is 21.6 Å². The van der Waals surface area contributed by atoms with Crippen molar-refractivity contribution in [1.82, 2.24) is 9.62 Å². The van der Waals surface area contributed by atoms with Crippen LogP contribution in [0.3, 0.4) is 0 Å². The molecule has 0 radical (unpaired) electrons. The molecule has 20 heavy (non-hydrogen) atoms. The monoisotopic (exact) mass is 298 g/mol. The van der Waals surface area contributed by atoms with Gasteiger partial charge in [0.25, 0.3) is 10.0 Å². The molecular formula is C14H22N2O3S. The minimum absolute atomic E-state index is 0.0765. The highest BCUT2D eigenvalue weighted by Gasteiger charge is 2.32. The molecule has 0 bridgehead atoms. The molecule has 2 fully saturated rings. The highest BCUT2D eigenvalue weighted by atomic mass is 32.2. The number of rotatable bonds is 8. The number of hydrogen-bond acceptors (Lipinski definition) is 4. The van der Waals surface area contributed by atoms with Gasteiger partial charge < -0.3 is 9.73 Å². The van der Waals surface area contributed by atoms with E-state index in [4.69, 9.17) is 4.42 Å². The molecule has 2 aliphatic carbocycles. The molecular weight excluding hydrogens is 276 g/mol. The Kier molecular flexibility index (Phi) is 3.88. The molecule has 1 heterocycles. The van der Waals surface area contributed by atoms with Crippen LogP contribution in [0, 0.1) is 5.92 Å². The molecule has 0 spiro atoms. The van der Waals surface area contributed by atoms with Crippen molar-refractivity contribution in [1.29, 1.82) is 0 Å². The molecule has 0 saturated heterocycles. The van der Waals surface area contributed by atoms with Crippen LogP contribution in [0.4, 0.5) is 0 Å². The van der Waals surface area contributed by atoms with Gasteiger partial charge in [-0.2, -0.15) is 4.31 Å². The van der Waals surface area contributed by atoms with Crippen molar-refractivity contribution in [3.8, 4) is 0 Å². The number of nitrogens with zero attached hydrogens (tertiary/aromatic N) is 1. The van der Waals surface area contributed by atoms with Crippen molar-refractivity contribution in [3.05, 3.63) is 17.9 Å². The van der Waals surface area contributed by atoms with Gasteiger partial charge in [0.05, 0.1) is 6.54 Å². The Morgan fingerprint density at radius 1 is 1.30 bits per heavy atom. The highest BCUT2D eigenvalue weighted by Crippen LogP contribution is 2.31. The summed E-state index contributed by atoms with van der Waals surface area (Å²) in [7, 11) is -3.47. The lowest BCUT2D eigenvalue weighted by atomic mass is 10.4. The number of furan rings is 1. The zero-order chi connectivity index (χ0) is 14.2. The third kappa shape index (κ3) is 3.24. The van der Waals surface area contributed by atoms with E-state index in [1.165, 1.54) is 17.1 Å². The summed E-state index contributed by atoms with van der Waals surface area (Å²) in [5.41, 5.74) is 0. The van der Waals surface area contributed by atoms with Gasteiger partial charge in [-0.15, -0.1) is 0 Å². The summed E-state index contributed by atoms with van der Waals surface area (Å²) < 4.78 is 32.1. The molecule has 2 saturated carbocycles. The molecule has 0 atom stereocenters. The Hall–Kier alpha value is -0.850.